The molecule has 0 aromatic carbocycles. The van der Waals surface area contributed by atoms with Crippen molar-refractivity contribution in [1.82, 2.24) is 10.6 Å². The zero-order valence-corrected chi connectivity index (χ0v) is 6.45. The first-order valence-corrected chi connectivity index (χ1v) is 3.62. The molecule has 1 heterocycles. The Balaban J connectivity index is 2.36. The van der Waals surface area contributed by atoms with E-state index >= 15 is 0 Å². The highest BCUT2D eigenvalue weighted by atomic mass is 16.4. The first kappa shape index (κ1) is 8.79. The second kappa shape index (κ2) is 3.91. The number of amides is 1. The summed E-state index contributed by atoms with van der Waals surface area (Å²) in [6, 6.07) is 0. The molecule has 0 spiro atoms. The van der Waals surface area contributed by atoms with Crippen LogP contribution in [0.3, 0.4) is 0 Å². The number of carboxylic acid groups (broad SMARTS) is 1. The molecule has 0 aliphatic carbocycles. The fourth-order valence-corrected chi connectivity index (χ4v) is 1.15. The lowest BCUT2D eigenvalue weighted by Crippen LogP contribution is -2.31. The standard InChI is InChI=1S/C6H11N3O3/c10-6(11)8-2-4-1-7-3-5(4)9-12/h4,7-8,12H,1-3H2,(H,10,11)/b9-5+/t4-/m0/s1. The molecule has 0 aromatic rings. The molecule has 12 heavy (non-hydrogen) atoms. The highest BCUT2D eigenvalue weighted by Gasteiger charge is 2.22. The van der Waals surface area contributed by atoms with E-state index in [-0.39, 0.29) is 5.92 Å². The van der Waals surface area contributed by atoms with Gasteiger partial charge in [0.05, 0.1) is 5.71 Å². The van der Waals surface area contributed by atoms with E-state index in [0.29, 0.717) is 25.3 Å². The number of nitrogens with one attached hydrogen (secondary N) is 2. The van der Waals surface area contributed by atoms with Crippen molar-refractivity contribution in [1.29, 1.82) is 0 Å². The van der Waals surface area contributed by atoms with E-state index in [9.17, 15) is 4.79 Å². The molecule has 0 radical (unpaired) electrons. The van der Waals surface area contributed by atoms with Gasteiger partial charge in [-0.05, 0) is 0 Å². The topological polar surface area (TPSA) is 94.0 Å². The zero-order chi connectivity index (χ0) is 8.97. The van der Waals surface area contributed by atoms with Crippen molar-refractivity contribution in [2.75, 3.05) is 19.6 Å². The monoisotopic (exact) mass is 173 g/mol. The van der Waals surface area contributed by atoms with Crippen molar-refractivity contribution in [2.45, 2.75) is 0 Å². The Morgan fingerprint density at radius 1 is 1.83 bits per heavy atom. The van der Waals surface area contributed by atoms with E-state index < -0.39 is 6.09 Å². The smallest absolute Gasteiger partial charge is 0.404 e. The first-order chi connectivity index (χ1) is 5.74. The van der Waals surface area contributed by atoms with Crippen LogP contribution >= 0.6 is 0 Å². The van der Waals surface area contributed by atoms with Crippen LogP contribution in [0.15, 0.2) is 5.16 Å². The summed E-state index contributed by atoms with van der Waals surface area (Å²) >= 11 is 0. The van der Waals surface area contributed by atoms with Crippen LogP contribution in [-0.4, -0.2) is 41.8 Å². The van der Waals surface area contributed by atoms with Crippen LogP contribution in [0.5, 0.6) is 0 Å². The zero-order valence-electron chi connectivity index (χ0n) is 6.45. The van der Waals surface area contributed by atoms with Gasteiger partial charge in [-0.3, -0.25) is 0 Å². The van der Waals surface area contributed by atoms with Crippen LogP contribution in [0.25, 0.3) is 0 Å². The van der Waals surface area contributed by atoms with E-state index in [2.05, 4.69) is 15.8 Å². The Kier molecular flexibility index (Phi) is 2.87. The molecular formula is C6H11N3O3. The summed E-state index contributed by atoms with van der Waals surface area (Å²) in [4.78, 5) is 10.1. The maximum atomic E-state index is 10.1. The van der Waals surface area contributed by atoms with Crippen molar-refractivity contribution >= 4 is 11.8 Å². The lowest BCUT2D eigenvalue weighted by Gasteiger charge is -2.07. The van der Waals surface area contributed by atoms with Gasteiger partial charge in [0.2, 0.25) is 0 Å². The lowest BCUT2D eigenvalue weighted by atomic mass is 10.1. The predicted molar refractivity (Wildman–Crippen MR) is 41.6 cm³/mol. The largest absolute Gasteiger partial charge is 0.465 e. The summed E-state index contributed by atoms with van der Waals surface area (Å²) in [5.74, 6) is -0.0221. The van der Waals surface area contributed by atoms with Gasteiger partial charge in [0, 0.05) is 25.6 Å². The molecule has 0 bridgehead atoms. The van der Waals surface area contributed by atoms with Crippen LogP contribution in [-0.2, 0) is 0 Å². The number of hydrogen-bond acceptors (Lipinski definition) is 4. The van der Waals surface area contributed by atoms with E-state index in [4.69, 9.17) is 10.3 Å². The van der Waals surface area contributed by atoms with Gasteiger partial charge in [-0.15, -0.1) is 0 Å². The van der Waals surface area contributed by atoms with Gasteiger partial charge in [0.25, 0.3) is 0 Å². The molecule has 0 saturated carbocycles. The van der Waals surface area contributed by atoms with Crippen LogP contribution in [0.2, 0.25) is 0 Å². The third-order valence-corrected chi connectivity index (χ3v) is 1.80. The summed E-state index contributed by atoms with van der Waals surface area (Å²) in [5, 5.41) is 25.1. The van der Waals surface area contributed by atoms with E-state index in [0.717, 1.165) is 0 Å². The van der Waals surface area contributed by atoms with Crippen molar-refractivity contribution in [2.24, 2.45) is 11.1 Å². The van der Waals surface area contributed by atoms with E-state index in [1.807, 2.05) is 0 Å². The molecule has 0 aromatic heterocycles. The van der Waals surface area contributed by atoms with Crippen molar-refractivity contribution in [3.63, 3.8) is 0 Å². The molecule has 6 heteroatoms. The summed E-state index contributed by atoms with van der Waals surface area (Å²) in [6.45, 7) is 1.48. The van der Waals surface area contributed by atoms with Crippen LogP contribution in [0, 0.1) is 5.92 Å². The molecule has 1 amide bonds. The number of carbonyl (C=O) groups is 1. The van der Waals surface area contributed by atoms with Gasteiger partial charge < -0.3 is 20.9 Å². The fourth-order valence-electron chi connectivity index (χ4n) is 1.15. The molecule has 1 saturated heterocycles. The normalized spacial score (nSPS) is 26.0. The summed E-state index contributed by atoms with van der Waals surface area (Å²) in [7, 11) is 0. The van der Waals surface area contributed by atoms with Gasteiger partial charge in [-0.25, -0.2) is 4.79 Å². The Morgan fingerprint density at radius 2 is 2.58 bits per heavy atom. The number of hydrogen-bond donors (Lipinski definition) is 4. The van der Waals surface area contributed by atoms with E-state index in [1.165, 1.54) is 0 Å². The Labute approximate surface area is 69.3 Å². The van der Waals surface area contributed by atoms with Crippen LogP contribution in [0.1, 0.15) is 0 Å². The van der Waals surface area contributed by atoms with Crippen LogP contribution in [0.4, 0.5) is 4.79 Å². The summed E-state index contributed by atoms with van der Waals surface area (Å²) in [5.41, 5.74) is 0.601. The summed E-state index contributed by atoms with van der Waals surface area (Å²) < 4.78 is 0. The third kappa shape index (κ3) is 2.09. The first-order valence-electron chi connectivity index (χ1n) is 3.62. The lowest BCUT2D eigenvalue weighted by molar-refractivity contribution is 0.193. The summed E-state index contributed by atoms with van der Waals surface area (Å²) in [6.07, 6.45) is -1.06. The highest BCUT2D eigenvalue weighted by molar-refractivity contribution is 5.90. The fraction of sp³-hybridized carbons (Fsp3) is 0.667. The molecule has 1 atom stereocenters. The average molecular weight is 173 g/mol. The van der Waals surface area contributed by atoms with Crippen molar-refractivity contribution in [3.8, 4) is 0 Å². The SMILES string of the molecule is O=C(O)NC[C@@H]1CNC/C1=N\O. The number of rotatable bonds is 2. The van der Waals surface area contributed by atoms with Gasteiger partial charge >= 0.3 is 6.09 Å². The highest BCUT2D eigenvalue weighted by Crippen LogP contribution is 2.03. The Morgan fingerprint density at radius 3 is 3.17 bits per heavy atom. The molecule has 1 fully saturated rings. The Bertz CT molecular complexity index is 204. The minimum atomic E-state index is -1.06. The molecule has 68 valence electrons. The van der Waals surface area contributed by atoms with Gasteiger partial charge in [0.1, 0.15) is 0 Å². The molecule has 1 rings (SSSR count). The number of oxime groups is 1. The molecule has 4 N–H and O–H groups in total. The minimum Gasteiger partial charge on any atom is -0.465 e. The van der Waals surface area contributed by atoms with Crippen molar-refractivity contribution in [3.05, 3.63) is 0 Å². The maximum absolute atomic E-state index is 10.1. The molecular weight excluding hydrogens is 162 g/mol. The third-order valence-electron chi connectivity index (χ3n) is 1.80. The average Bonchev–Trinajstić information content (AvgIpc) is 2.47. The van der Waals surface area contributed by atoms with Gasteiger partial charge in [-0.2, -0.15) is 0 Å². The molecule has 1 aliphatic heterocycles. The molecule has 6 nitrogen and oxygen atoms in total. The van der Waals surface area contributed by atoms with Gasteiger partial charge in [-0.1, -0.05) is 5.16 Å². The maximum Gasteiger partial charge on any atom is 0.404 e. The van der Waals surface area contributed by atoms with Crippen molar-refractivity contribution < 1.29 is 15.1 Å². The van der Waals surface area contributed by atoms with Crippen LogP contribution < -0.4 is 10.6 Å². The van der Waals surface area contributed by atoms with Gasteiger partial charge in [0.15, 0.2) is 0 Å². The molecule has 0 unspecified atom stereocenters. The number of nitrogens with zero attached hydrogens (tertiary/aromatic N) is 1. The second-order valence-corrected chi connectivity index (χ2v) is 2.61. The van der Waals surface area contributed by atoms with E-state index in [1.54, 1.807) is 0 Å². The Hall–Kier alpha value is -1.30. The predicted octanol–water partition coefficient (Wildman–Crippen LogP) is -0.696. The second-order valence-electron chi connectivity index (χ2n) is 2.61. The minimum absolute atomic E-state index is 0.0221. The quantitative estimate of drug-likeness (QED) is 0.328. The molecule has 1 aliphatic rings.